The van der Waals surface area contributed by atoms with Crippen molar-refractivity contribution in [3.63, 3.8) is 0 Å². The summed E-state index contributed by atoms with van der Waals surface area (Å²) >= 11 is 1.42. The van der Waals surface area contributed by atoms with Crippen LogP contribution in [0.1, 0.15) is 24.5 Å². The first-order chi connectivity index (χ1) is 8.26. The summed E-state index contributed by atoms with van der Waals surface area (Å²) < 4.78 is 0. The van der Waals surface area contributed by atoms with E-state index < -0.39 is 0 Å². The van der Waals surface area contributed by atoms with Crippen LogP contribution in [0.25, 0.3) is 11.1 Å². The summed E-state index contributed by atoms with van der Waals surface area (Å²) in [4.78, 5) is 0. The summed E-state index contributed by atoms with van der Waals surface area (Å²) in [7, 11) is 0. The molecule has 17 heavy (non-hydrogen) atoms. The van der Waals surface area contributed by atoms with Gasteiger partial charge in [0.1, 0.15) is 11.1 Å². The molecule has 0 aliphatic rings. The highest BCUT2D eigenvalue weighted by atomic mass is 32.1. The third kappa shape index (κ3) is 2.32. The second-order valence-corrected chi connectivity index (χ2v) is 4.86. The fraction of sp³-hybridized carbons (Fsp3) is 0.214. The van der Waals surface area contributed by atoms with Crippen LogP contribution in [0.2, 0.25) is 0 Å². The number of nitriles is 1. The van der Waals surface area contributed by atoms with Gasteiger partial charge < -0.3 is 5.73 Å². The van der Waals surface area contributed by atoms with Crippen LogP contribution in [0.15, 0.2) is 29.6 Å². The molecule has 2 N–H and O–H groups in total. The minimum atomic E-state index is 0.596. The number of nitrogens with two attached hydrogens (primary N) is 1. The predicted molar refractivity (Wildman–Crippen MR) is 72.9 cm³/mol. The Kier molecular flexibility index (Phi) is 3.46. The van der Waals surface area contributed by atoms with Crippen molar-refractivity contribution in [1.82, 2.24) is 0 Å². The van der Waals surface area contributed by atoms with Crippen LogP contribution in [0, 0.1) is 11.3 Å². The van der Waals surface area contributed by atoms with Crippen LogP contribution in [-0.4, -0.2) is 0 Å². The zero-order chi connectivity index (χ0) is 12.3. The van der Waals surface area contributed by atoms with E-state index in [4.69, 9.17) is 11.0 Å². The minimum Gasteiger partial charge on any atom is -0.389 e. The second-order valence-electron chi connectivity index (χ2n) is 3.95. The first-order valence-corrected chi connectivity index (χ1v) is 6.50. The van der Waals surface area contributed by atoms with Crippen molar-refractivity contribution >= 4 is 16.3 Å². The van der Waals surface area contributed by atoms with Gasteiger partial charge in [-0.3, -0.25) is 0 Å². The smallest absolute Gasteiger partial charge is 0.104 e. The van der Waals surface area contributed by atoms with Crippen molar-refractivity contribution in [1.29, 1.82) is 5.26 Å². The normalized spacial score (nSPS) is 10.1. The zero-order valence-corrected chi connectivity index (χ0v) is 10.6. The Morgan fingerprint density at radius 3 is 2.59 bits per heavy atom. The summed E-state index contributed by atoms with van der Waals surface area (Å²) in [6.07, 6.45) is 2.24. The largest absolute Gasteiger partial charge is 0.389 e. The number of hydrogen-bond donors (Lipinski definition) is 1. The number of anilines is 1. The maximum absolute atomic E-state index is 9.06. The lowest BCUT2D eigenvalue weighted by Gasteiger charge is -2.02. The van der Waals surface area contributed by atoms with E-state index in [2.05, 4.69) is 37.3 Å². The molecule has 0 unspecified atom stereocenters. The van der Waals surface area contributed by atoms with Crippen LogP contribution < -0.4 is 5.73 Å². The highest BCUT2D eigenvalue weighted by Crippen LogP contribution is 2.32. The average Bonchev–Trinajstić information content (AvgIpc) is 2.72. The van der Waals surface area contributed by atoms with Crippen LogP contribution in [0.5, 0.6) is 0 Å². The van der Waals surface area contributed by atoms with Crippen LogP contribution >= 0.6 is 11.3 Å². The number of thiophene rings is 1. The van der Waals surface area contributed by atoms with Crippen molar-refractivity contribution in [3.05, 3.63) is 40.8 Å². The lowest BCUT2D eigenvalue weighted by atomic mass is 10.0. The lowest BCUT2D eigenvalue weighted by molar-refractivity contribution is 0.922. The quantitative estimate of drug-likeness (QED) is 0.889. The molecular formula is C14H14N2S. The molecule has 0 saturated heterocycles. The Hall–Kier alpha value is -1.79. The molecule has 2 rings (SSSR count). The van der Waals surface area contributed by atoms with E-state index in [9.17, 15) is 0 Å². The fourth-order valence-electron chi connectivity index (χ4n) is 1.84. The molecule has 3 heteroatoms. The Morgan fingerprint density at radius 2 is 2.00 bits per heavy atom. The fourth-order valence-corrected chi connectivity index (χ4v) is 2.61. The molecule has 0 spiro atoms. The summed E-state index contributed by atoms with van der Waals surface area (Å²) in [6, 6.07) is 10.5. The molecule has 0 atom stereocenters. The Labute approximate surface area is 105 Å². The van der Waals surface area contributed by atoms with E-state index in [1.807, 2.05) is 5.38 Å². The Bertz CT molecular complexity index is 547. The standard InChI is InChI=1S/C14H14N2S/c1-2-3-10-4-6-11(7-5-10)13-9-17-14(16)12(13)8-15/h4-7,9H,2-3,16H2,1H3. The van der Waals surface area contributed by atoms with Gasteiger partial charge in [0.2, 0.25) is 0 Å². The molecule has 1 aromatic carbocycles. The van der Waals surface area contributed by atoms with Gasteiger partial charge in [0.15, 0.2) is 0 Å². The summed E-state index contributed by atoms with van der Waals surface area (Å²) in [5, 5.41) is 11.6. The van der Waals surface area contributed by atoms with Crippen LogP contribution in [0.3, 0.4) is 0 Å². The van der Waals surface area contributed by atoms with E-state index in [0.717, 1.165) is 24.0 Å². The molecule has 0 aliphatic heterocycles. The number of benzene rings is 1. The summed E-state index contributed by atoms with van der Waals surface area (Å²) in [5.74, 6) is 0. The van der Waals surface area contributed by atoms with Crippen molar-refractivity contribution < 1.29 is 0 Å². The highest BCUT2D eigenvalue weighted by Gasteiger charge is 2.10. The minimum absolute atomic E-state index is 0.596. The number of nitrogens with zero attached hydrogens (tertiary/aromatic N) is 1. The molecule has 0 bridgehead atoms. The van der Waals surface area contributed by atoms with Gasteiger partial charge in [-0.05, 0) is 17.5 Å². The van der Waals surface area contributed by atoms with Crippen molar-refractivity contribution in [2.24, 2.45) is 0 Å². The molecule has 0 saturated carbocycles. The molecule has 1 heterocycles. The molecule has 0 aliphatic carbocycles. The van der Waals surface area contributed by atoms with Gasteiger partial charge in [0, 0.05) is 10.9 Å². The lowest BCUT2D eigenvalue weighted by Crippen LogP contribution is -1.86. The van der Waals surface area contributed by atoms with Crippen LogP contribution in [-0.2, 0) is 6.42 Å². The maximum Gasteiger partial charge on any atom is 0.104 e. The highest BCUT2D eigenvalue weighted by molar-refractivity contribution is 7.14. The maximum atomic E-state index is 9.06. The zero-order valence-electron chi connectivity index (χ0n) is 9.73. The topological polar surface area (TPSA) is 49.8 Å². The van der Waals surface area contributed by atoms with Gasteiger partial charge in [-0.2, -0.15) is 5.26 Å². The predicted octanol–water partition coefficient (Wildman–Crippen LogP) is 3.82. The van der Waals surface area contributed by atoms with Gasteiger partial charge in [0.25, 0.3) is 0 Å². The molecule has 0 fully saturated rings. The third-order valence-electron chi connectivity index (χ3n) is 2.73. The molecule has 1 aromatic heterocycles. The van der Waals surface area contributed by atoms with E-state index in [-0.39, 0.29) is 0 Å². The van der Waals surface area contributed by atoms with Crippen molar-refractivity contribution in [2.45, 2.75) is 19.8 Å². The third-order valence-corrected chi connectivity index (χ3v) is 3.55. The average molecular weight is 242 g/mol. The number of nitrogen functional groups attached to an aromatic ring is 1. The van der Waals surface area contributed by atoms with Gasteiger partial charge in [-0.1, -0.05) is 37.6 Å². The number of rotatable bonds is 3. The van der Waals surface area contributed by atoms with Crippen molar-refractivity contribution in [3.8, 4) is 17.2 Å². The van der Waals surface area contributed by atoms with Gasteiger partial charge in [-0.15, -0.1) is 11.3 Å². The first kappa shape index (κ1) is 11.7. The SMILES string of the molecule is CCCc1ccc(-c2csc(N)c2C#N)cc1. The Balaban J connectivity index is 2.37. The van der Waals surface area contributed by atoms with E-state index >= 15 is 0 Å². The molecule has 2 aromatic rings. The van der Waals surface area contributed by atoms with Gasteiger partial charge in [0.05, 0.1) is 5.56 Å². The number of aryl methyl sites for hydroxylation is 1. The Morgan fingerprint density at radius 1 is 1.29 bits per heavy atom. The van der Waals surface area contributed by atoms with Crippen LogP contribution in [0.4, 0.5) is 5.00 Å². The number of hydrogen-bond acceptors (Lipinski definition) is 3. The van der Waals surface area contributed by atoms with E-state index in [1.165, 1.54) is 16.9 Å². The van der Waals surface area contributed by atoms with E-state index in [0.29, 0.717) is 10.6 Å². The van der Waals surface area contributed by atoms with Gasteiger partial charge in [-0.25, -0.2) is 0 Å². The summed E-state index contributed by atoms with van der Waals surface area (Å²) in [5.41, 5.74) is 9.70. The van der Waals surface area contributed by atoms with Crippen molar-refractivity contribution in [2.75, 3.05) is 5.73 Å². The monoisotopic (exact) mass is 242 g/mol. The van der Waals surface area contributed by atoms with Gasteiger partial charge >= 0.3 is 0 Å². The van der Waals surface area contributed by atoms with E-state index in [1.54, 1.807) is 0 Å². The second kappa shape index (κ2) is 5.03. The molecular weight excluding hydrogens is 228 g/mol. The summed E-state index contributed by atoms with van der Waals surface area (Å²) in [6.45, 7) is 2.17. The molecule has 86 valence electrons. The molecule has 0 amide bonds. The first-order valence-electron chi connectivity index (χ1n) is 5.62. The molecule has 0 radical (unpaired) electrons. The molecule has 2 nitrogen and oxygen atoms in total.